The summed E-state index contributed by atoms with van der Waals surface area (Å²) in [6, 6.07) is 5.06. The lowest BCUT2D eigenvalue weighted by atomic mass is 9.94. The fourth-order valence-electron chi connectivity index (χ4n) is 2.92. The van der Waals surface area contributed by atoms with E-state index in [1.807, 2.05) is 0 Å². The monoisotopic (exact) mass is 378 g/mol. The molecule has 0 aromatic heterocycles. The van der Waals surface area contributed by atoms with Gasteiger partial charge in [-0.15, -0.1) is 0 Å². The molecule has 1 amide bonds. The number of thioether (sulfide) groups is 1. The number of methoxy groups -OCH3 is 1. The second kappa shape index (κ2) is 7.59. The van der Waals surface area contributed by atoms with Gasteiger partial charge in [0.1, 0.15) is 12.4 Å². The van der Waals surface area contributed by atoms with Crippen molar-refractivity contribution < 1.29 is 23.5 Å². The summed E-state index contributed by atoms with van der Waals surface area (Å²) in [4.78, 5) is 31.3. The van der Waals surface area contributed by atoms with E-state index in [-0.39, 0.29) is 35.8 Å². The van der Waals surface area contributed by atoms with Crippen LogP contribution in [0.3, 0.4) is 0 Å². The quantitative estimate of drug-likeness (QED) is 0.582. The molecule has 0 radical (unpaired) electrons. The lowest BCUT2D eigenvalue weighted by Gasteiger charge is -2.33. The highest BCUT2D eigenvalue weighted by atomic mass is 32.2. The molecule has 0 saturated carbocycles. The van der Waals surface area contributed by atoms with E-state index < -0.39 is 12.0 Å². The van der Waals surface area contributed by atoms with Crippen molar-refractivity contribution in [1.29, 1.82) is 0 Å². The Bertz CT molecular complexity index is 791. The predicted octanol–water partition coefficient (Wildman–Crippen LogP) is 2.66. The first-order chi connectivity index (χ1) is 12.4. The number of ether oxygens (including phenoxy) is 2. The fourth-order valence-corrected chi connectivity index (χ4v) is 3.95. The van der Waals surface area contributed by atoms with Crippen molar-refractivity contribution in [2.75, 3.05) is 20.3 Å². The second-order valence-electron chi connectivity index (χ2n) is 5.94. The summed E-state index contributed by atoms with van der Waals surface area (Å²) in [5.41, 5.74) is 1.39. The number of benzene rings is 1. The Balaban J connectivity index is 2.03. The third-order valence-corrected chi connectivity index (χ3v) is 5.24. The van der Waals surface area contributed by atoms with Crippen LogP contribution in [-0.2, 0) is 19.1 Å². The van der Waals surface area contributed by atoms with E-state index in [0.29, 0.717) is 16.4 Å². The highest BCUT2D eigenvalue weighted by molar-refractivity contribution is 8.15. The molecule has 1 aromatic carbocycles. The first-order valence-corrected chi connectivity index (χ1v) is 9.02. The summed E-state index contributed by atoms with van der Waals surface area (Å²) in [7, 11) is 1.51. The van der Waals surface area contributed by atoms with Crippen LogP contribution in [0.15, 0.2) is 40.5 Å². The van der Waals surface area contributed by atoms with Crippen LogP contribution in [0.5, 0.6) is 0 Å². The van der Waals surface area contributed by atoms with Crippen LogP contribution in [0.25, 0.3) is 0 Å². The summed E-state index contributed by atoms with van der Waals surface area (Å²) in [5.74, 6) is -1.09. The highest BCUT2D eigenvalue weighted by Gasteiger charge is 2.46. The number of aliphatic imine (C=N–C) groups is 1. The lowest BCUT2D eigenvalue weighted by Crippen LogP contribution is -2.40. The van der Waals surface area contributed by atoms with Gasteiger partial charge in [-0.2, -0.15) is 0 Å². The minimum Gasteiger partial charge on any atom is -0.460 e. The van der Waals surface area contributed by atoms with Gasteiger partial charge in [0.15, 0.2) is 5.17 Å². The van der Waals surface area contributed by atoms with Crippen molar-refractivity contribution in [3.05, 3.63) is 46.9 Å². The zero-order valence-corrected chi connectivity index (χ0v) is 15.5. The maximum Gasteiger partial charge on any atom is 0.338 e. The van der Waals surface area contributed by atoms with Crippen molar-refractivity contribution >= 4 is 28.8 Å². The Labute approximate surface area is 155 Å². The number of amides is 1. The molecule has 2 aliphatic rings. The van der Waals surface area contributed by atoms with Gasteiger partial charge in [-0.05, 0) is 31.5 Å². The van der Waals surface area contributed by atoms with Crippen molar-refractivity contribution in [3.8, 4) is 0 Å². The minimum atomic E-state index is -0.692. The molecule has 0 spiro atoms. The van der Waals surface area contributed by atoms with Crippen LogP contribution < -0.4 is 0 Å². The number of hydrogen-bond donors (Lipinski definition) is 0. The lowest BCUT2D eigenvalue weighted by molar-refractivity contribution is -0.141. The second-order valence-corrected chi connectivity index (χ2v) is 7.25. The number of nitrogens with zero attached hydrogens (tertiary/aromatic N) is 2. The molecule has 2 heterocycles. The van der Waals surface area contributed by atoms with Crippen molar-refractivity contribution in [3.63, 3.8) is 0 Å². The van der Waals surface area contributed by atoms with Gasteiger partial charge < -0.3 is 9.47 Å². The molecule has 0 aliphatic carbocycles. The first-order valence-electron chi connectivity index (χ1n) is 8.14. The number of amidine groups is 1. The Morgan fingerprint density at radius 2 is 2.00 bits per heavy atom. The SMILES string of the molecule is COCCOC(=O)C1=C(C)N=C2S[C@H](C)C(=O)N2[C@@H]1c1ccc(F)cc1. The van der Waals surface area contributed by atoms with E-state index >= 15 is 0 Å². The van der Waals surface area contributed by atoms with Crippen molar-refractivity contribution in [1.82, 2.24) is 4.90 Å². The summed E-state index contributed by atoms with van der Waals surface area (Å²) < 4.78 is 23.5. The topological polar surface area (TPSA) is 68.2 Å². The Hall–Kier alpha value is -2.19. The van der Waals surface area contributed by atoms with Crippen LogP contribution >= 0.6 is 11.8 Å². The Kier molecular flexibility index (Phi) is 5.43. The van der Waals surface area contributed by atoms with Gasteiger partial charge in [-0.3, -0.25) is 9.69 Å². The zero-order valence-electron chi connectivity index (χ0n) is 14.7. The molecule has 1 fully saturated rings. The number of rotatable bonds is 5. The van der Waals surface area contributed by atoms with Crippen LogP contribution in [0.2, 0.25) is 0 Å². The molecule has 0 bridgehead atoms. The molecule has 0 N–H and O–H groups in total. The number of halogens is 1. The zero-order chi connectivity index (χ0) is 18.8. The summed E-state index contributed by atoms with van der Waals surface area (Å²) in [5, 5.41) is 0.246. The van der Waals surface area contributed by atoms with Gasteiger partial charge in [-0.1, -0.05) is 23.9 Å². The van der Waals surface area contributed by atoms with E-state index in [1.54, 1.807) is 26.0 Å². The van der Waals surface area contributed by atoms with Gasteiger partial charge in [0, 0.05) is 7.11 Å². The molecule has 1 saturated heterocycles. The van der Waals surface area contributed by atoms with E-state index in [0.717, 1.165) is 0 Å². The average Bonchev–Trinajstić information content (AvgIpc) is 2.88. The smallest absolute Gasteiger partial charge is 0.338 e. The number of carbonyl (C=O) groups excluding carboxylic acids is 2. The number of allylic oxidation sites excluding steroid dienone is 1. The molecule has 0 unspecified atom stereocenters. The van der Waals surface area contributed by atoms with E-state index in [2.05, 4.69) is 4.99 Å². The normalized spacial score (nSPS) is 22.4. The molecule has 8 heteroatoms. The van der Waals surface area contributed by atoms with Crippen LogP contribution in [0.4, 0.5) is 4.39 Å². The Morgan fingerprint density at radius 3 is 2.65 bits per heavy atom. The largest absolute Gasteiger partial charge is 0.460 e. The number of fused-ring (bicyclic) bond motifs is 1. The summed E-state index contributed by atoms with van der Waals surface area (Å²) in [6.45, 7) is 3.87. The third kappa shape index (κ3) is 3.39. The number of esters is 1. The van der Waals surface area contributed by atoms with Gasteiger partial charge in [0.2, 0.25) is 5.91 Å². The molecular weight excluding hydrogens is 359 g/mol. The van der Waals surface area contributed by atoms with Gasteiger partial charge in [0.25, 0.3) is 0 Å². The molecule has 2 atom stereocenters. The summed E-state index contributed by atoms with van der Waals surface area (Å²) >= 11 is 1.34. The van der Waals surface area contributed by atoms with Crippen molar-refractivity contribution in [2.24, 2.45) is 4.99 Å². The first kappa shape index (κ1) is 18.6. The van der Waals surface area contributed by atoms with Crippen LogP contribution in [0, 0.1) is 5.82 Å². The molecule has 6 nitrogen and oxygen atoms in total. The Morgan fingerprint density at radius 1 is 1.31 bits per heavy atom. The van der Waals surface area contributed by atoms with Crippen LogP contribution in [-0.4, -0.2) is 47.5 Å². The molecule has 1 aromatic rings. The number of carbonyl (C=O) groups is 2. The third-order valence-electron chi connectivity index (χ3n) is 4.18. The van der Waals surface area contributed by atoms with Crippen LogP contribution in [0.1, 0.15) is 25.5 Å². The van der Waals surface area contributed by atoms with Gasteiger partial charge >= 0.3 is 5.97 Å². The maximum absolute atomic E-state index is 13.4. The molecule has 3 rings (SSSR count). The van der Waals surface area contributed by atoms with E-state index in [1.165, 1.54) is 35.9 Å². The van der Waals surface area contributed by atoms with E-state index in [9.17, 15) is 14.0 Å². The summed E-state index contributed by atoms with van der Waals surface area (Å²) in [6.07, 6.45) is 0. The molecule has 2 aliphatic heterocycles. The fraction of sp³-hybridized carbons (Fsp3) is 0.389. The van der Waals surface area contributed by atoms with E-state index in [4.69, 9.17) is 9.47 Å². The predicted molar refractivity (Wildman–Crippen MR) is 96.0 cm³/mol. The molecule has 138 valence electrons. The number of hydrogen-bond acceptors (Lipinski definition) is 6. The standard InChI is InChI=1S/C18H19FN2O4S/c1-10-14(17(23)25-9-8-24-3)15(12-4-6-13(19)7-5-12)21-16(22)11(2)26-18(21)20-10/h4-7,11,15H,8-9H2,1-3H3/t11-,15-/m1/s1. The molecular formula is C18H19FN2O4S. The van der Waals surface area contributed by atoms with Crippen molar-refractivity contribution in [2.45, 2.75) is 25.1 Å². The maximum atomic E-state index is 13.4. The molecule has 26 heavy (non-hydrogen) atoms. The van der Waals surface area contributed by atoms with Gasteiger partial charge in [0.05, 0.1) is 29.2 Å². The highest BCUT2D eigenvalue weighted by Crippen LogP contribution is 2.43. The average molecular weight is 378 g/mol. The van der Waals surface area contributed by atoms with Gasteiger partial charge in [-0.25, -0.2) is 14.2 Å². The minimum absolute atomic E-state index is 0.0952.